The maximum Gasteiger partial charge on any atom is 0.135 e. The van der Waals surface area contributed by atoms with Crippen LogP contribution in [-0.2, 0) is 6.54 Å². The van der Waals surface area contributed by atoms with Gasteiger partial charge in [0.1, 0.15) is 5.75 Å². The largest absolute Gasteiger partial charge is 0.492 e. The van der Waals surface area contributed by atoms with Gasteiger partial charge >= 0.3 is 0 Å². The second kappa shape index (κ2) is 18.6. The summed E-state index contributed by atoms with van der Waals surface area (Å²) in [6.07, 6.45) is 23.0. The molecule has 0 saturated carbocycles. The van der Waals surface area contributed by atoms with Crippen LogP contribution in [0.3, 0.4) is 0 Å². The van der Waals surface area contributed by atoms with Gasteiger partial charge < -0.3 is 13.8 Å². The zero-order chi connectivity index (χ0) is 29.5. The number of nitrogens with zero attached hydrogens (tertiary/aromatic N) is 2. The first-order valence-corrected chi connectivity index (χ1v) is 18.2. The van der Waals surface area contributed by atoms with Gasteiger partial charge in [-0.25, -0.2) is 0 Å². The average Bonchev–Trinajstić information content (AvgIpc) is 3.21. The molecular weight excluding hydrogens is 636 g/mol. The normalized spacial score (nSPS) is 12.1. The fourth-order valence-corrected chi connectivity index (χ4v) is 6.75. The second-order valence-electron chi connectivity index (χ2n) is 13.1. The molecule has 0 amide bonds. The Morgan fingerprint density at radius 3 is 1.80 bits per heavy atom. The Bertz CT molecular complexity index is 1160. The molecule has 2 aromatic carbocycles. The molecule has 41 heavy (non-hydrogen) atoms. The number of halogens is 2. The molecular formula is C36H57Br2N2O+. The van der Waals surface area contributed by atoms with Gasteiger partial charge in [-0.2, -0.15) is 0 Å². The Kier molecular flexibility index (Phi) is 15.6. The number of ether oxygens (including phenoxy) is 1. The number of aryl methyl sites for hydroxylation is 1. The summed E-state index contributed by atoms with van der Waals surface area (Å²) in [5.41, 5.74) is 2.59. The molecule has 0 atom stereocenters. The topological polar surface area (TPSA) is 14.2 Å². The summed E-state index contributed by atoms with van der Waals surface area (Å²) in [6, 6.07) is 11.2. The monoisotopic (exact) mass is 691 g/mol. The van der Waals surface area contributed by atoms with Gasteiger partial charge in [-0.15, -0.1) is 0 Å². The molecule has 0 N–H and O–H groups in total. The van der Waals surface area contributed by atoms with Crippen LogP contribution in [0.4, 0.5) is 0 Å². The minimum Gasteiger partial charge on any atom is -0.492 e. The lowest BCUT2D eigenvalue weighted by atomic mass is 10.0. The van der Waals surface area contributed by atoms with E-state index in [1.54, 1.807) is 0 Å². The molecule has 5 heteroatoms. The van der Waals surface area contributed by atoms with Gasteiger partial charge in [0.2, 0.25) is 0 Å². The molecule has 0 aliphatic heterocycles. The van der Waals surface area contributed by atoms with E-state index in [9.17, 15) is 0 Å². The van der Waals surface area contributed by atoms with Gasteiger partial charge in [0, 0.05) is 33.4 Å². The fraction of sp³-hybridized carbons (Fsp3) is 0.667. The van der Waals surface area contributed by atoms with Crippen LogP contribution < -0.4 is 4.74 Å². The van der Waals surface area contributed by atoms with Crippen molar-refractivity contribution >= 4 is 53.7 Å². The lowest BCUT2D eigenvalue weighted by molar-refractivity contribution is -0.870. The molecule has 0 aliphatic rings. The van der Waals surface area contributed by atoms with Crippen molar-refractivity contribution in [1.29, 1.82) is 0 Å². The van der Waals surface area contributed by atoms with E-state index in [0.29, 0.717) is 0 Å². The summed E-state index contributed by atoms with van der Waals surface area (Å²) < 4.78 is 12.1. The summed E-state index contributed by atoms with van der Waals surface area (Å²) in [6.45, 7) is 5.35. The number of quaternary nitrogens is 1. The lowest BCUT2D eigenvalue weighted by Gasteiger charge is -2.23. The molecule has 0 spiro atoms. The van der Waals surface area contributed by atoms with Crippen LogP contribution >= 0.6 is 31.9 Å². The van der Waals surface area contributed by atoms with Crippen molar-refractivity contribution in [3.8, 4) is 5.75 Å². The van der Waals surface area contributed by atoms with E-state index in [4.69, 9.17) is 4.74 Å². The number of rotatable bonds is 22. The van der Waals surface area contributed by atoms with E-state index in [2.05, 4.69) is 94.8 Å². The van der Waals surface area contributed by atoms with Gasteiger partial charge in [-0.1, -0.05) is 106 Å². The average molecular weight is 694 g/mol. The SMILES string of the molecule is CCCCCCCCCCCCCCCCOc1cc2c(cc1Br)c1cc(Br)ccc1n2CCCCC[N+](C)(C)C. The van der Waals surface area contributed by atoms with Crippen molar-refractivity contribution in [1.82, 2.24) is 4.57 Å². The van der Waals surface area contributed by atoms with Gasteiger partial charge in [0.25, 0.3) is 0 Å². The molecule has 0 aliphatic carbocycles. The van der Waals surface area contributed by atoms with E-state index < -0.39 is 0 Å². The molecule has 0 saturated heterocycles. The van der Waals surface area contributed by atoms with E-state index >= 15 is 0 Å². The molecule has 3 nitrogen and oxygen atoms in total. The van der Waals surface area contributed by atoms with E-state index in [0.717, 1.165) is 38.8 Å². The van der Waals surface area contributed by atoms with Crippen LogP contribution in [0, 0.1) is 0 Å². The van der Waals surface area contributed by atoms with Gasteiger partial charge in [-0.3, -0.25) is 0 Å². The summed E-state index contributed by atoms with van der Waals surface area (Å²) in [5.74, 6) is 0.973. The molecule has 1 heterocycles. The summed E-state index contributed by atoms with van der Waals surface area (Å²) >= 11 is 7.51. The van der Waals surface area contributed by atoms with Crippen molar-refractivity contribution in [3.63, 3.8) is 0 Å². The summed E-state index contributed by atoms with van der Waals surface area (Å²) in [7, 11) is 6.84. The molecule has 0 fully saturated rings. The number of fused-ring (bicyclic) bond motifs is 3. The Balaban J connectivity index is 1.44. The highest BCUT2D eigenvalue weighted by atomic mass is 79.9. The molecule has 230 valence electrons. The number of unbranched alkanes of at least 4 members (excludes halogenated alkanes) is 15. The minimum atomic E-state index is 0.791. The number of benzene rings is 2. The maximum absolute atomic E-state index is 6.34. The third kappa shape index (κ3) is 12.2. The highest BCUT2D eigenvalue weighted by Crippen LogP contribution is 2.38. The van der Waals surface area contributed by atoms with Gasteiger partial charge in [-0.05, 0) is 65.9 Å². The number of hydrogen-bond donors (Lipinski definition) is 0. The third-order valence-corrected chi connectivity index (χ3v) is 9.46. The van der Waals surface area contributed by atoms with Crippen LogP contribution in [0.25, 0.3) is 21.8 Å². The van der Waals surface area contributed by atoms with Crippen molar-refractivity contribution in [2.24, 2.45) is 0 Å². The first-order valence-electron chi connectivity index (χ1n) is 16.6. The molecule has 1 aromatic heterocycles. The molecule has 0 radical (unpaired) electrons. The zero-order valence-electron chi connectivity index (χ0n) is 26.6. The van der Waals surface area contributed by atoms with Crippen LogP contribution in [0.5, 0.6) is 5.75 Å². The summed E-state index contributed by atoms with van der Waals surface area (Å²) in [5, 5.41) is 2.60. The third-order valence-electron chi connectivity index (χ3n) is 8.35. The quantitative estimate of drug-likeness (QED) is 0.0755. The Morgan fingerprint density at radius 2 is 1.20 bits per heavy atom. The summed E-state index contributed by atoms with van der Waals surface area (Å²) in [4.78, 5) is 0. The zero-order valence-corrected chi connectivity index (χ0v) is 29.8. The van der Waals surface area contributed by atoms with E-state index in [-0.39, 0.29) is 0 Å². The lowest BCUT2D eigenvalue weighted by Crippen LogP contribution is -2.35. The van der Waals surface area contributed by atoms with Crippen molar-refractivity contribution < 1.29 is 9.22 Å². The fourth-order valence-electron chi connectivity index (χ4n) is 5.93. The molecule has 0 bridgehead atoms. The molecule has 3 aromatic rings. The number of aromatic nitrogens is 1. The number of hydrogen-bond acceptors (Lipinski definition) is 1. The van der Waals surface area contributed by atoms with Crippen LogP contribution in [-0.4, -0.2) is 43.3 Å². The molecule has 3 rings (SSSR count). The van der Waals surface area contributed by atoms with Crippen LogP contribution in [0.15, 0.2) is 39.3 Å². The standard InChI is InChI=1S/C36H57Br2N2O/c1-5-6-7-8-9-10-11-12-13-14-15-16-17-21-26-41-36-29-35-32(28-33(36)38)31-27-30(37)22-23-34(31)39(35)24-19-18-20-25-40(2,3)4/h22-23,27-29H,5-21,24-26H2,1-4H3/q+1. The van der Waals surface area contributed by atoms with E-state index in [1.165, 1.54) is 131 Å². The van der Waals surface area contributed by atoms with Crippen molar-refractivity contribution in [2.75, 3.05) is 34.3 Å². The first kappa shape index (κ1) is 34.5. The van der Waals surface area contributed by atoms with E-state index in [1.807, 2.05) is 0 Å². The van der Waals surface area contributed by atoms with Crippen molar-refractivity contribution in [3.05, 3.63) is 39.3 Å². The van der Waals surface area contributed by atoms with Crippen molar-refractivity contribution in [2.45, 2.75) is 123 Å². The Hall–Kier alpha value is -1.04. The second-order valence-corrected chi connectivity index (χ2v) is 14.9. The first-order chi connectivity index (χ1) is 19.8. The van der Waals surface area contributed by atoms with Gasteiger partial charge in [0.15, 0.2) is 0 Å². The smallest absolute Gasteiger partial charge is 0.135 e. The van der Waals surface area contributed by atoms with Crippen LogP contribution in [0.2, 0.25) is 0 Å². The predicted octanol–water partition coefficient (Wildman–Crippen LogP) is 12.1. The van der Waals surface area contributed by atoms with Crippen LogP contribution in [0.1, 0.15) is 116 Å². The Morgan fingerprint density at radius 1 is 0.634 bits per heavy atom. The Labute approximate surface area is 268 Å². The molecule has 0 unspecified atom stereocenters. The minimum absolute atomic E-state index is 0.791. The highest BCUT2D eigenvalue weighted by molar-refractivity contribution is 9.10. The highest BCUT2D eigenvalue weighted by Gasteiger charge is 2.15. The maximum atomic E-state index is 6.34. The predicted molar refractivity (Wildman–Crippen MR) is 187 cm³/mol. The van der Waals surface area contributed by atoms with Gasteiger partial charge in [0.05, 0.1) is 44.3 Å².